The molecule has 1 fully saturated rings. The first-order chi connectivity index (χ1) is 8.75. The molecule has 1 aliphatic rings. The smallest absolute Gasteiger partial charge is 0.410 e. The van der Waals surface area contributed by atoms with Gasteiger partial charge in [0.25, 0.3) is 0 Å². The summed E-state index contributed by atoms with van der Waals surface area (Å²) in [5.74, 6) is 0. The van der Waals surface area contributed by atoms with Gasteiger partial charge >= 0.3 is 6.09 Å². The number of amides is 1. The summed E-state index contributed by atoms with van der Waals surface area (Å²) in [6.45, 7) is 1.34. The highest BCUT2D eigenvalue weighted by Crippen LogP contribution is 2.12. The molecule has 0 aliphatic carbocycles. The third kappa shape index (κ3) is 3.74. The van der Waals surface area contributed by atoms with Crippen LogP contribution in [0.15, 0.2) is 30.3 Å². The minimum absolute atomic E-state index is 0.284. The molecule has 4 nitrogen and oxygen atoms in total. The molecule has 4 heteroatoms. The summed E-state index contributed by atoms with van der Waals surface area (Å²) in [6, 6.07) is 9.60. The Kier molecular flexibility index (Phi) is 4.59. The van der Waals surface area contributed by atoms with Crippen LogP contribution in [0.5, 0.6) is 0 Å². The van der Waals surface area contributed by atoms with E-state index in [1.54, 1.807) is 4.90 Å². The van der Waals surface area contributed by atoms with Crippen LogP contribution in [0, 0.1) is 0 Å². The molecular formula is C14H19NO3. The zero-order valence-corrected chi connectivity index (χ0v) is 10.4. The average molecular weight is 249 g/mol. The number of ether oxygens (including phenoxy) is 1. The van der Waals surface area contributed by atoms with Crippen LogP contribution >= 0.6 is 0 Å². The molecule has 0 radical (unpaired) electrons. The molecular weight excluding hydrogens is 230 g/mol. The molecule has 0 unspecified atom stereocenters. The maximum Gasteiger partial charge on any atom is 0.410 e. The third-order valence-corrected chi connectivity index (χ3v) is 3.11. The molecule has 0 saturated carbocycles. The second-order valence-corrected chi connectivity index (χ2v) is 4.64. The van der Waals surface area contributed by atoms with Crippen LogP contribution in [0.2, 0.25) is 0 Å². The van der Waals surface area contributed by atoms with Gasteiger partial charge in [-0.05, 0) is 24.8 Å². The fourth-order valence-electron chi connectivity index (χ4n) is 2.10. The van der Waals surface area contributed by atoms with E-state index in [-0.39, 0.29) is 12.7 Å². The lowest BCUT2D eigenvalue weighted by atomic mass is 10.2. The number of carbonyl (C=O) groups excluding carboxylic acids is 1. The monoisotopic (exact) mass is 249 g/mol. The van der Waals surface area contributed by atoms with Crippen molar-refractivity contribution in [1.29, 1.82) is 0 Å². The highest BCUT2D eigenvalue weighted by molar-refractivity contribution is 5.67. The van der Waals surface area contributed by atoms with E-state index in [1.165, 1.54) is 0 Å². The Bertz CT molecular complexity index is 380. The van der Waals surface area contributed by atoms with E-state index in [4.69, 9.17) is 4.74 Å². The number of aliphatic hydroxyl groups excluding tert-OH is 1. The maximum absolute atomic E-state index is 11.9. The van der Waals surface area contributed by atoms with Gasteiger partial charge in [0.2, 0.25) is 0 Å². The number of hydrogen-bond donors (Lipinski definition) is 1. The minimum atomic E-state index is -0.420. The third-order valence-electron chi connectivity index (χ3n) is 3.11. The molecule has 18 heavy (non-hydrogen) atoms. The molecule has 1 aromatic rings. The second-order valence-electron chi connectivity index (χ2n) is 4.64. The summed E-state index contributed by atoms with van der Waals surface area (Å²) in [5, 5.41) is 9.64. The Morgan fingerprint density at radius 2 is 2.11 bits per heavy atom. The van der Waals surface area contributed by atoms with E-state index in [9.17, 15) is 9.90 Å². The molecule has 98 valence electrons. The number of benzene rings is 1. The Morgan fingerprint density at radius 1 is 1.33 bits per heavy atom. The van der Waals surface area contributed by atoms with Crippen molar-refractivity contribution in [3.8, 4) is 0 Å². The standard InChI is InChI=1S/C14H19NO3/c16-13-8-4-5-9-15(10-13)14(17)18-11-12-6-2-1-3-7-12/h1-3,6-7,13,16H,4-5,8-11H2/t13-/m0/s1. The van der Waals surface area contributed by atoms with Gasteiger partial charge in [0.1, 0.15) is 6.61 Å². The highest BCUT2D eigenvalue weighted by Gasteiger charge is 2.21. The van der Waals surface area contributed by atoms with Crippen LogP contribution in [-0.4, -0.2) is 35.3 Å². The van der Waals surface area contributed by atoms with Gasteiger partial charge in [0.15, 0.2) is 0 Å². The van der Waals surface area contributed by atoms with Gasteiger partial charge in [0, 0.05) is 13.1 Å². The number of likely N-dealkylation sites (tertiary alicyclic amines) is 1. The fourth-order valence-corrected chi connectivity index (χ4v) is 2.10. The molecule has 1 heterocycles. The normalized spacial score (nSPS) is 20.3. The van der Waals surface area contributed by atoms with Crippen molar-refractivity contribution in [2.75, 3.05) is 13.1 Å². The summed E-state index contributed by atoms with van der Waals surface area (Å²) >= 11 is 0. The quantitative estimate of drug-likeness (QED) is 0.874. The Balaban J connectivity index is 1.83. The van der Waals surface area contributed by atoms with Gasteiger partial charge in [-0.3, -0.25) is 0 Å². The van der Waals surface area contributed by atoms with E-state index in [0.29, 0.717) is 13.1 Å². The molecule has 0 bridgehead atoms. The molecule has 1 amide bonds. The van der Waals surface area contributed by atoms with E-state index < -0.39 is 6.10 Å². The lowest BCUT2D eigenvalue weighted by Gasteiger charge is -2.21. The van der Waals surface area contributed by atoms with Gasteiger partial charge in [-0.1, -0.05) is 30.3 Å². The number of hydrogen-bond acceptors (Lipinski definition) is 3. The number of rotatable bonds is 2. The topological polar surface area (TPSA) is 49.8 Å². The van der Waals surface area contributed by atoms with Crippen LogP contribution in [0.4, 0.5) is 4.79 Å². The van der Waals surface area contributed by atoms with Crippen molar-refractivity contribution in [3.05, 3.63) is 35.9 Å². The minimum Gasteiger partial charge on any atom is -0.445 e. The first-order valence-corrected chi connectivity index (χ1v) is 6.39. The summed E-state index contributed by atoms with van der Waals surface area (Å²) in [5.41, 5.74) is 0.973. The number of carbonyl (C=O) groups is 1. The average Bonchev–Trinajstić information content (AvgIpc) is 2.62. The van der Waals surface area contributed by atoms with Gasteiger partial charge in [-0.2, -0.15) is 0 Å². The van der Waals surface area contributed by atoms with Crippen LogP contribution in [0.3, 0.4) is 0 Å². The largest absolute Gasteiger partial charge is 0.445 e. The predicted molar refractivity (Wildman–Crippen MR) is 68.1 cm³/mol. The van der Waals surface area contributed by atoms with Crippen molar-refractivity contribution >= 4 is 6.09 Å². The predicted octanol–water partition coefficient (Wildman–Crippen LogP) is 2.17. The number of nitrogens with zero attached hydrogens (tertiary/aromatic N) is 1. The van der Waals surface area contributed by atoms with E-state index in [0.717, 1.165) is 24.8 Å². The lowest BCUT2D eigenvalue weighted by Crippen LogP contribution is -2.36. The van der Waals surface area contributed by atoms with Gasteiger partial charge < -0.3 is 14.7 Å². The molecule has 1 N–H and O–H groups in total. The molecule has 0 aromatic heterocycles. The maximum atomic E-state index is 11.9. The summed E-state index contributed by atoms with van der Waals surface area (Å²) in [6.07, 6.45) is 1.90. The number of β-amino-alcohol motifs (C(OH)–C–C–N with tert-alkyl or cyclic N) is 1. The highest BCUT2D eigenvalue weighted by atomic mass is 16.6. The van der Waals surface area contributed by atoms with Crippen molar-refractivity contribution in [1.82, 2.24) is 4.90 Å². The molecule has 1 aromatic carbocycles. The molecule has 1 saturated heterocycles. The Labute approximate surface area is 107 Å². The van der Waals surface area contributed by atoms with Crippen molar-refractivity contribution in [2.45, 2.75) is 32.0 Å². The van der Waals surface area contributed by atoms with Gasteiger partial charge in [0.05, 0.1) is 6.10 Å². The van der Waals surface area contributed by atoms with Crippen LogP contribution in [-0.2, 0) is 11.3 Å². The zero-order valence-electron chi connectivity index (χ0n) is 10.4. The Hall–Kier alpha value is -1.55. The van der Waals surface area contributed by atoms with Crippen LogP contribution in [0.1, 0.15) is 24.8 Å². The van der Waals surface area contributed by atoms with Crippen molar-refractivity contribution in [2.24, 2.45) is 0 Å². The second kappa shape index (κ2) is 6.40. The van der Waals surface area contributed by atoms with Crippen LogP contribution in [0.25, 0.3) is 0 Å². The number of aliphatic hydroxyl groups is 1. The molecule has 1 atom stereocenters. The summed E-state index contributed by atoms with van der Waals surface area (Å²) in [4.78, 5) is 13.5. The van der Waals surface area contributed by atoms with Crippen LogP contribution < -0.4 is 0 Å². The zero-order chi connectivity index (χ0) is 12.8. The summed E-state index contributed by atoms with van der Waals surface area (Å²) in [7, 11) is 0. The van der Waals surface area contributed by atoms with Gasteiger partial charge in [-0.15, -0.1) is 0 Å². The van der Waals surface area contributed by atoms with E-state index in [1.807, 2.05) is 30.3 Å². The van der Waals surface area contributed by atoms with E-state index in [2.05, 4.69) is 0 Å². The van der Waals surface area contributed by atoms with Gasteiger partial charge in [-0.25, -0.2) is 4.79 Å². The molecule has 2 rings (SSSR count). The molecule has 1 aliphatic heterocycles. The van der Waals surface area contributed by atoms with Crippen molar-refractivity contribution in [3.63, 3.8) is 0 Å². The Morgan fingerprint density at radius 3 is 2.89 bits per heavy atom. The first-order valence-electron chi connectivity index (χ1n) is 6.39. The lowest BCUT2D eigenvalue weighted by molar-refractivity contribution is 0.0744. The summed E-state index contributed by atoms with van der Waals surface area (Å²) < 4.78 is 5.25. The molecule has 0 spiro atoms. The fraction of sp³-hybridized carbons (Fsp3) is 0.500. The van der Waals surface area contributed by atoms with E-state index >= 15 is 0 Å². The SMILES string of the molecule is O=C(OCc1ccccc1)N1CCCC[C@H](O)C1. The first kappa shape index (κ1) is 12.9. The van der Waals surface area contributed by atoms with Crippen molar-refractivity contribution < 1.29 is 14.6 Å².